The number of halogens is 2. The number of benzene rings is 1. The molecule has 0 aliphatic carbocycles. The Hall–Kier alpha value is -1.49. The molecular weight excluding hydrogens is 218 g/mol. The molecule has 1 aromatic carbocycles. The van der Waals surface area contributed by atoms with Crippen molar-refractivity contribution >= 4 is 5.97 Å². The predicted molar refractivity (Wildman–Crippen MR) is 53.0 cm³/mol. The summed E-state index contributed by atoms with van der Waals surface area (Å²) in [6, 6.07) is 7.26. The molecule has 1 aromatic rings. The average Bonchev–Trinajstić information content (AvgIpc) is 2.29. The Kier molecular flexibility index (Phi) is 3.95. The second kappa shape index (κ2) is 5.03. The van der Waals surface area contributed by atoms with E-state index in [1.54, 1.807) is 6.07 Å². The zero-order valence-corrected chi connectivity index (χ0v) is 8.69. The van der Waals surface area contributed by atoms with Crippen molar-refractivity contribution in [3.8, 4) is 0 Å². The first-order chi connectivity index (χ1) is 7.50. The van der Waals surface area contributed by atoms with Gasteiger partial charge in [-0.1, -0.05) is 30.3 Å². The van der Waals surface area contributed by atoms with E-state index in [0.717, 1.165) is 0 Å². The van der Waals surface area contributed by atoms with Crippen molar-refractivity contribution in [3.63, 3.8) is 0 Å². The first kappa shape index (κ1) is 12.6. The summed E-state index contributed by atoms with van der Waals surface area (Å²) in [5.41, 5.74) is -0.0273. The van der Waals surface area contributed by atoms with E-state index in [9.17, 15) is 18.7 Å². The monoisotopic (exact) mass is 230 g/mol. The number of alkyl halides is 2. The van der Waals surface area contributed by atoms with E-state index >= 15 is 0 Å². The topological polar surface area (TPSA) is 46.5 Å². The Morgan fingerprint density at radius 1 is 1.44 bits per heavy atom. The number of carbonyl (C=O) groups is 1. The molecule has 0 fully saturated rings. The lowest BCUT2D eigenvalue weighted by Gasteiger charge is -2.20. The van der Waals surface area contributed by atoms with Gasteiger partial charge in [0.15, 0.2) is 6.10 Å². The van der Waals surface area contributed by atoms with Crippen LogP contribution in [0.3, 0.4) is 0 Å². The van der Waals surface area contributed by atoms with E-state index in [-0.39, 0.29) is 12.2 Å². The zero-order chi connectivity index (χ0) is 12.2. The van der Waals surface area contributed by atoms with Gasteiger partial charge in [-0.25, -0.2) is 4.79 Å². The normalized spacial score (nSPS) is 13.2. The van der Waals surface area contributed by atoms with E-state index in [0.29, 0.717) is 0 Å². The van der Waals surface area contributed by atoms with Crippen molar-refractivity contribution in [2.45, 2.75) is 19.0 Å². The van der Waals surface area contributed by atoms with Crippen LogP contribution in [0.15, 0.2) is 30.3 Å². The number of esters is 1. The lowest BCUT2D eigenvalue weighted by molar-refractivity contribution is -0.189. The van der Waals surface area contributed by atoms with Gasteiger partial charge in [0.25, 0.3) is 0 Å². The molecule has 1 N–H and O–H groups in total. The summed E-state index contributed by atoms with van der Waals surface area (Å²) in [5, 5.41) is 9.39. The van der Waals surface area contributed by atoms with Gasteiger partial charge in [0.2, 0.25) is 0 Å². The molecule has 0 heterocycles. The maximum Gasteiger partial charge on any atom is 0.380 e. The Labute approximate surface area is 91.7 Å². The highest BCUT2D eigenvalue weighted by atomic mass is 19.3. The second-order valence-corrected chi connectivity index (χ2v) is 3.16. The van der Waals surface area contributed by atoms with Gasteiger partial charge in [0, 0.05) is 0 Å². The van der Waals surface area contributed by atoms with Crippen molar-refractivity contribution in [1.29, 1.82) is 0 Å². The van der Waals surface area contributed by atoms with Crippen LogP contribution in [0.2, 0.25) is 0 Å². The van der Waals surface area contributed by atoms with Crippen LogP contribution in [0.4, 0.5) is 8.78 Å². The summed E-state index contributed by atoms with van der Waals surface area (Å²) in [5.74, 6) is -5.65. The molecule has 0 aliphatic rings. The van der Waals surface area contributed by atoms with E-state index in [4.69, 9.17) is 0 Å². The van der Waals surface area contributed by atoms with Crippen LogP contribution >= 0.6 is 0 Å². The molecule has 3 nitrogen and oxygen atoms in total. The Bertz CT molecular complexity index is 352. The third kappa shape index (κ3) is 2.55. The molecule has 5 heteroatoms. The first-order valence-corrected chi connectivity index (χ1v) is 4.78. The van der Waals surface area contributed by atoms with Crippen LogP contribution in [-0.4, -0.2) is 23.6 Å². The van der Waals surface area contributed by atoms with Crippen LogP contribution in [0.25, 0.3) is 0 Å². The van der Waals surface area contributed by atoms with Gasteiger partial charge in [-0.2, -0.15) is 8.78 Å². The zero-order valence-electron chi connectivity index (χ0n) is 8.69. The van der Waals surface area contributed by atoms with E-state index in [2.05, 4.69) is 4.74 Å². The van der Waals surface area contributed by atoms with Gasteiger partial charge in [0.05, 0.1) is 6.61 Å². The predicted octanol–water partition coefficient (Wildman–Crippen LogP) is 1.92. The van der Waals surface area contributed by atoms with E-state index in [1.807, 2.05) is 0 Å². The quantitative estimate of drug-likeness (QED) is 0.804. The maximum atomic E-state index is 13.4. The standard InChI is InChI=1S/C11H12F2O3/c1-2-16-10(15)11(12,13)9(14)8-6-4-3-5-7-8/h3-7,9,14H,2H2,1H3/t9-/m1/s1. The highest BCUT2D eigenvalue weighted by molar-refractivity contribution is 5.78. The summed E-state index contributed by atoms with van der Waals surface area (Å²) >= 11 is 0. The Balaban J connectivity index is 2.87. The summed E-state index contributed by atoms with van der Waals surface area (Å²) < 4.78 is 30.9. The maximum absolute atomic E-state index is 13.4. The van der Waals surface area contributed by atoms with Crippen molar-refractivity contribution in [2.75, 3.05) is 6.61 Å². The van der Waals surface area contributed by atoms with Crippen molar-refractivity contribution in [2.24, 2.45) is 0 Å². The summed E-state index contributed by atoms with van der Waals surface area (Å²) in [7, 11) is 0. The number of rotatable bonds is 4. The molecule has 0 radical (unpaired) electrons. The van der Waals surface area contributed by atoms with E-state index < -0.39 is 18.0 Å². The first-order valence-electron chi connectivity index (χ1n) is 4.78. The lowest BCUT2D eigenvalue weighted by Crippen LogP contribution is -2.37. The molecule has 0 spiro atoms. The van der Waals surface area contributed by atoms with Gasteiger partial charge in [-0.05, 0) is 12.5 Å². The minimum atomic E-state index is -3.93. The van der Waals surface area contributed by atoms with Crippen molar-refractivity contribution in [1.82, 2.24) is 0 Å². The minimum Gasteiger partial charge on any atom is -0.461 e. The molecule has 0 aliphatic heterocycles. The molecule has 0 amide bonds. The molecule has 0 saturated carbocycles. The fourth-order valence-corrected chi connectivity index (χ4v) is 1.18. The molecule has 0 saturated heterocycles. The largest absolute Gasteiger partial charge is 0.461 e. The minimum absolute atomic E-state index is 0.0273. The van der Waals surface area contributed by atoms with Gasteiger partial charge in [0.1, 0.15) is 0 Å². The number of ether oxygens (including phenoxy) is 1. The number of hydrogen-bond acceptors (Lipinski definition) is 3. The molecule has 0 unspecified atom stereocenters. The number of hydrogen-bond donors (Lipinski definition) is 1. The molecule has 0 bridgehead atoms. The third-order valence-electron chi connectivity index (χ3n) is 2.01. The second-order valence-electron chi connectivity index (χ2n) is 3.16. The highest BCUT2D eigenvalue weighted by Crippen LogP contribution is 2.32. The van der Waals surface area contributed by atoms with E-state index in [1.165, 1.54) is 31.2 Å². The Morgan fingerprint density at radius 3 is 2.50 bits per heavy atom. The molecule has 16 heavy (non-hydrogen) atoms. The Morgan fingerprint density at radius 2 is 2.00 bits per heavy atom. The number of carbonyl (C=O) groups excluding carboxylic acids is 1. The molecular formula is C11H12F2O3. The van der Waals surface area contributed by atoms with Crippen LogP contribution in [0.5, 0.6) is 0 Å². The third-order valence-corrected chi connectivity index (χ3v) is 2.01. The van der Waals surface area contributed by atoms with Crippen molar-refractivity contribution in [3.05, 3.63) is 35.9 Å². The van der Waals surface area contributed by atoms with Crippen LogP contribution in [0, 0.1) is 0 Å². The highest BCUT2D eigenvalue weighted by Gasteiger charge is 2.48. The summed E-state index contributed by atoms with van der Waals surface area (Å²) in [6.45, 7) is 1.26. The fourth-order valence-electron chi connectivity index (χ4n) is 1.18. The lowest BCUT2D eigenvalue weighted by atomic mass is 10.0. The smallest absolute Gasteiger partial charge is 0.380 e. The van der Waals surface area contributed by atoms with Gasteiger partial charge in [-0.3, -0.25) is 0 Å². The van der Waals surface area contributed by atoms with Gasteiger partial charge < -0.3 is 9.84 Å². The van der Waals surface area contributed by atoms with Crippen LogP contribution in [0.1, 0.15) is 18.6 Å². The van der Waals surface area contributed by atoms with Crippen molar-refractivity contribution < 1.29 is 23.4 Å². The SMILES string of the molecule is CCOC(=O)C(F)(F)[C@H](O)c1ccccc1. The summed E-state index contributed by atoms with van der Waals surface area (Å²) in [6.07, 6.45) is -2.19. The van der Waals surface area contributed by atoms with Crippen LogP contribution in [-0.2, 0) is 9.53 Å². The van der Waals surface area contributed by atoms with Gasteiger partial charge >= 0.3 is 11.9 Å². The van der Waals surface area contributed by atoms with Crippen LogP contribution < -0.4 is 0 Å². The van der Waals surface area contributed by atoms with Gasteiger partial charge in [-0.15, -0.1) is 0 Å². The molecule has 1 atom stereocenters. The average molecular weight is 230 g/mol. The molecule has 88 valence electrons. The fraction of sp³-hybridized carbons (Fsp3) is 0.364. The molecule has 0 aromatic heterocycles. The number of aliphatic hydroxyl groups is 1. The summed E-state index contributed by atoms with van der Waals surface area (Å²) in [4.78, 5) is 10.9. The number of aliphatic hydroxyl groups excluding tert-OH is 1. The molecule has 1 rings (SSSR count).